The number of carbonyl (C=O) groups is 3. The minimum atomic E-state index is -1.13. The highest BCUT2D eigenvalue weighted by molar-refractivity contribution is 6.53. The summed E-state index contributed by atoms with van der Waals surface area (Å²) in [7, 11) is 0. The fourth-order valence-corrected chi connectivity index (χ4v) is 2.52. The van der Waals surface area contributed by atoms with Crippen molar-refractivity contribution in [2.24, 2.45) is 11.1 Å². The number of esters is 1. The molecule has 1 aromatic rings. The SMILES string of the molecule is C[C@@]1(C(=O)OCC(=O)Nc2ccc(C(N)=O)cc2)CC1(Cl)Cl. The molecule has 0 heterocycles. The molecule has 1 aliphatic carbocycles. The quantitative estimate of drug-likeness (QED) is 0.628. The summed E-state index contributed by atoms with van der Waals surface area (Å²) >= 11 is 11.7. The number of primary amides is 1. The van der Waals surface area contributed by atoms with Crippen molar-refractivity contribution in [3.05, 3.63) is 29.8 Å². The number of halogens is 2. The monoisotopic (exact) mass is 344 g/mol. The van der Waals surface area contributed by atoms with Crippen LogP contribution in [0.1, 0.15) is 23.7 Å². The molecule has 0 bridgehead atoms. The molecule has 1 saturated carbocycles. The Kier molecular flexibility index (Phi) is 4.35. The number of carbonyl (C=O) groups excluding carboxylic acids is 3. The molecule has 0 saturated heterocycles. The summed E-state index contributed by atoms with van der Waals surface area (Å²) in [6.07, 6.45) is 0.290. The van der Waals surface area contributed by atoms with Crippen molar-refractivity contribution in [3.8, 4) is 0 Å². The van der Waals surface area contributed by atoms with Gasteiger partial charge in [0.05, 0.1) is 0 Å². The van der Waals surface area contributed by atoms with E-state index in [0.717, 1.165) is 0 Å². The van der Waals surface area contributed by atoms with Crippen LogP contribution in [-0.4, -0.2) is 28.7 Å². The Hall–Kier alpha value is -1.79. The zero-order valence-electron chi connectivity index (χ0n) is 11.7. The minimum absolute atomic E-state index is 0.290. The van der Waals surface area contributed by atoms with Gasteiger partial charge in [-0.05, 0) is 31.2 Å². The van der Waals surface area contributed by atoms with Crippen molar-refractivity contribution in [3.63, 3.8) is 0 Å². The predicted octanol–water partition coefficient (Wildman–Crippen LogP) is 1.85. The first-order valence-electron chi connectivity index (χ1n) is 6.40. The van der Waals surface area contributed by atoms with Gasteiger partial charge in [-0.2, -0.15) is 0 Å². The summed E-state index contributed by atoms with van der Waals surface area (Å²) in [4.78, 5) is 34.4. The molecule has 3 N–H and O–H groups in total. The summed E-state index contributed by atoms with van der Waals surface area (Å²) in [6.45, 7) is 1.13. The number of hydrogen-bond acceptors (Lipinski definition) is 4. The third kappa shape index (κ3) is 3.34. The first kappa shape index (κ1) is 16.6. The number of alkyl halides is 2. The van der Waals surface area contributed by atoms with E-state index >= 15 is 0 Å². The molecule has 118 valence electrons. The van der Waals surface area contributed by atoms with Crippen molar-refractivity contribution >= 4 is 46.7 Å². The van der Waals surface area contributed by atoms with Crippen LogP contribution in [0.2, 0.25) is 0 Å². The zero-order valence-corrected chi connectivity index (χ0v) is 13.2. The number of hydrogen-bond donors (Lipinski definition) is 2. The molecule has 0 radical (unpaired) electrons. The highest BCUT2D eigenvalue weighted by Crippen LogP contribution is 2.64. The Morgan fingerprint density at radius 2 is 1.82 bits per heavy atom. The number of benzene rings is 1. The molecule has 0 aliphatic heterocycles. The highest BCUT2D eigenvalue weighted by Gasteiger charge is 2.69. The Morgan fingerprint density at radius 3 is 2.27 bits per heavy atom. The molecule has 2 rings (SSSR count). The Bertz CT molecular complexity index is 630. The minimum Gasteiger partial charge on any atom is -0.455 e. The summed E-state index contributed by atoms with van der Waals surface area (Å²) in [5.41, 5.74) is 4.91. The average molecular weight is 345 g/mol. The van der Waals surface area contributed by atoms with Gasteiger partial charge in [0.15, 0.2) is 6.61 Å². The van der Waals surface area contributed by atoms with Crippen LogP contribution in [0.3, 0.4) is 0 Å². The van der Waals surface area contributed by atoms with Crippen molar-refractivity contribution < 1.29 is 19.1 Å². The number of nitrogens with two attached hydrogens (primary N) is 1. The molecule has 6 nitrogen and oxygen atoms in total. The van der Waals surface area contributed by atoms with Gasteiger partial charge in [0.25, 0.3) is 5.91 Å². The van der Waals surface area contributed by atoms with E-state index in [1.165, 1.54) is 24.3 Å². The van der Waals surface area contributed by atoms with E-state index in [9.17, 15) is 14.4 Å². The molecule has 8 heteroatoms. The maximum atomic E-state index is 11.8. The first-order chi connectivity index (χ1) is 10.2. The lowest BCUT2D eigenvalue weighted by atomic mass is 10.1. The van der Waals surface area contributed by atoms with E-state index < -0.39 is 34.1 Å². The molecule has 1 aromatic carbocycles. The van der Waals surface area contributed by atoms with E-state index in [2.05, 4.69) is 5.32 Å². The van der Waals surface area contributed by atoms with Gasteiger partial charge in [-0.3, -0.25) is 14.4 Å². The van der Waals surface area contributed by atoms with E-state index in [-0.39, 0.29) is 6.42 Å². The Balaban J connectivity index is 1.83. The number of nitrogens with one attached hydrogen (secondary N) is 1. The fraction of sp³-hybridized carbons (Fsp3) is 0.357. The maximum Gasteiger partial charge on any atom is 0.315 e. The second-order valence-electron chi connectivity index (χ2n) is 5.28. The van der Waals surface area contributed by atoms with Gasteiger partial charge in [0.1, 0.15) is 9.75 Å². The van der Waals surface area contributed by atoms with E-state index in [0.29, 0.717) is 11.3 Å². The van der Waals surface area contributed by atoms with Gasteiger partial charge in [0.2, 0.25) is 5.91 Å². The zero-order chi connectivity index (χ0) is 16.5. The van der Waals surface area contributed by atoms with E-state index in [1.54, 1.807) is 6.92 Å². The van der Waals surface area contributed by atoms with Crippen LogP contribution in [0, 0.1) is 5.41 Å². The predicted molar refractivity (Wildman–Crippen MR) is 81.7 cm³/mol. The van der Waals surface area contributed by atoms with E-state index in [4.69, 9.17) is 33.7 Å². The highest BCUT2D eigenvalue weighted by atomic mass is 35.5. The summed E-state index contributed by atoms with van der Waals surface area (Å²) < 4.78 is 3.77. The third-order valence-electron chi connectivity index (χ3n) is 3.50. The molecule has 1 aliphatic rings. The molecule has 1 fully saturated rings. The number of rotatable bonds is 5. The van der Waals surface area contributed by atoms with Gasteiger partial charge in [-0.15, -0.1) is 23.2 Å². The third-order valence-corrected chi connectivity index (χ3v) is 4.60. The van der Waals surface area contributed by atoms with Crippen molar-refractivity contribution in [2.75, 3.05) is 11.9 Å². The van der Waals surface area contributed by atoms with Crippen LogP contribution < -0.4 is 11.1 Å². The molecule has 0 unspecified atom stereocenters. The first-order valence-corrected chi connectivity index (χ1v) is 7.16. The summed E-state index contributed by atoms with van der Waals surface area (Å²) in [6, 6.07) is 5.99. The molecule has 1 atom stereocenters. The largest absolute Gasteiger partial charge is 0.455 e. The summed E-state index contributed by atoms with van der Waals surface area (Å²) in [5, 5.41) is 2.52. The van der Waals surface area contributed by atoms with Crippen LogP contribution in [0.4, 0.5) is 5.69 Å². The lowest BCUT2D eigenvalue weighted by Gasteiger charge is -2.12. The maximum absolute atomic E-state index is 11.8. The molecule has 0 spiro atoms. The standard InChI is InChI=1S/C14H14Cl2N2O4/c1-13(7-14(13,15)16)12(21)22-6-10(19)18-9-4-2-8(3-5-9)11(17)20/h2-5H,6-7H2,1H3,(H2,17,20)(H,18,19)/t13-/m0/s1. The van der Waals surface area contributed by atoms with Crippen LogP contribution in [0.15, 0.2) is 24.3 Å². The smallest absolute Gasteiger partial charge is 0.315 e. The molecular weight excluding hydrogens is 331 g/mol. The van der Waals surface area contributed by atoms with Gasteiger partial charge in [0, 0.05) is 17.7 Å². The second kappa shape index (κ2) is 5.78. The molecule has 22 heavy (non-hydrogen) atoms. The average Bonchev–Trinajstić information content (AvgIpc) is 2.97. The van der Waals surface area contributed by atoms with Gasteiger partial charge in [-0.25, -0.2) is 0 Å². The van der Waals surface area contributed by atoms with Crippen LogP contribution in [0.25, 0.3) is 0 Å². The number of anilines is 1. The fourth-order valence-electron chi connectivity index (χ4n) is 1.83. The lowest BCUT2D eigenvalue weighted by Crippen LogP contribution is -2.26. The van der Waals surface area contributed by atoms with Crippen molar-refractivity contribution in [1.29, 1.82) is 0 Å². The second-order valence-corrected chi connectivity index (χ2v) is 6.76. The van der Waals surface area contributed by atoms with Gasteiger partial charge in [-0.1, -0.05) is 0 Å². The Morgan fingerprint density at radius 1 is 1.27 bits per heavy atom. The van der Waals surface area contributed by atoms with Crippen LogP contribution >= 0.6 is 23.2 Å². The van der Waals surface area contributed by atoms with Crippen LogP contribution in [0.5, 0.6) is 0 Å². The molecule has 0 aromatic heterocycles. The van der Waals surface area contributed by atoms with Crippen LogP contribution in [-0.2, 0) is 14.3 Å². The number of amides is 2. The van der Waals surface area contributed by atoms with E-state index in [1.807, 2.05) is 0 Å². The molecular formula is C14H14Cl2N2O4. The van der Waals surface area contributed by atoms with Crippen molar-refractivity contribution in [2.45, 2.75) is 17.7 Å². The summed E-state index contributed by atoms with van der Waals surface area (Å²) in [5.74, 6) is -1.69. The van der Waals surface area contributed by atoms with Gasteiger partial charge >= 0.3 is 5.97 Å². The topological polar surface area (TPSA) is 98.5 Å². The number of ether oxygens (including phenoxy) is 1. The van der Waals surface area contributed by atoms with Crippen molar-refractivity contribution in [1.82, 2.24) is 0 Å². The lowest BCUT2D eigenvalue weighted by molar-refractivity contribution is -0.152. The normalized spacial score (nSPS) is 21.8. The van der Waals surface area contributed by atoms with Gasteiger partial charge < -0.3 is 15.8 Å². The molecule has 2 amide bonds. The Labute approximate surface area is 136 Å².